The number of amides is 1. The lowest BCUT2D eigenvalue weighted by Gasteiger charge is -2.27. The smallest absolute Gasteiger partial charge is 0.466 e. The van der Waals surface area contributed by atoms with E-state index in [1.807, 2.05) is 0 Å². The second-order valence-electron chi connectivity index (χ2n) is 8.38. The van der Waals surface area contributed by atoms with E-state index in [0.717, 1.165) is 11.8 Å². The molecule has 0 saturated heterocycles. The minimum absolute atomic E-state index is 0.0105. The predicted octanol–water partition coefficient (Wildman–Crippen LogP) is 2.35. The van der Waals surface area contributed by atoms with E-state index in [1.165, 1.54) is 21.3 Å². The molecule has 0 spiro atoms. The number of hydrogen-bond donors (Lipinski definition) is 4. The number of hydrogen-bond acceptors (Lipinski definition) is 16. The Morgan fingerprint density at radius 1 is 0.738 bits per heavy atom. The zero-order valence-electron chi connectivity index (χ0n) is 24.2. The van der Waals surface area contributed by atoms with Crippen molar-refractivity contribution >= 4 is 87.6 Å². The Balaban J connectivity index is 4.83. The molecule has 0 aromatic rings. The maximum absolute atomic E-state index is 12.2. The number of esters is 4. The number of ether oxygens (including phenoxy) is 4. The van der Waals surface area contributed by atoms with Crippen LogP contribution in [0.3, 0.4) is 0 Å². The highest BCUT2D eigenvalue weighted by atomic mass is 32.2. The van der Waals surface area contributed by atoms with Crippen LogP contribution in [0.15, 0.2) is 0 Å². The first-order chi connectivity index (χ1) is 20.1. The lowest BCUT2D eigenvalue weighted by molar-refractivity contribution is -0.177. The highest BCUT2D eigenvalue weighted by Gasteiger charge is 2.37. The molecule has 2 atom stereocenters. The Labute approximate surface area is 269 Å². The third-order valence-corrected chi connectivity index (χ3v) is 9.72. The van der Waals surface area contributed by atoms with Gasteiger partial charge in [0.05, 0.1) is 32.3 Å². The summed E-state index contributed by atoms with van der Waals surface area (Å²) >= 11 is 12.9. The van der Waals surface area contributed by atoms with Crippen molar-refractivity contribution in [3.8, 4) is 0 Å². The quantitative estimate of drug-likeness (QED) is 0.0384. The van der Waals surface area contributed by atoms with Gasteiger partial charge in [-0.15, -0.1) is 0 Å². The normalized spacial score (nSPS) is 12.6. The second kappa shape index (κ2) is 25.2. The lowest BCUT2D eigenvalue weighted by atomic mass is 10.1. The van der Waals surface area contributed by atoms with Gasteiger partial charge >= 0.3 is 32.7 Å². The van der Waals surface area contributed by atoms with Gasteiger partial charge in [0.15, 0.2) is 6.10 Å². The summed E-state index contributed by atoms with van der Waals surface area (Å²) in [5.74, 6) is -1.48. The van der Waals surface area contributed by atoms with Gasteiger partial charge < -0.3 is 37.5 Å². The predicted molar refractivity (Wildman–Crippen MR) is 168 cm³/mol. The Kier molecular flexibility index (Phi) is 24.5. The summed E-state index contributed by atoms with van der Waals surface area (Å²) in [6.45, 7) is -0.156. The summed E-state index contributed by atoms with van der Waals surface area (Å²) in [4.78, 5) is 60.5. The number of thiol groups is 3. The van der Waals surface area contributed by atoms with E-state index < -0.39 is 44.9 Å². The fourth-order valence-electron chi connectivity index (χ4n) is 3.21. The molecule has 244 valence electrons. The van der Waals surface area contributed by atoms with Crippen molar-refractivity contribution in [3.63, 3.8) is 0 Å². The van der Waals surface area contributed by atoms with Crippen LogP contribution in [0, 0.1) is 0 Å². The molecule has 1 N–H and O–H groups in total. The molecule has 0 aromatic heterocycles. The third kappa shape index (κ3) is 19.2. The van der Waals surface area contributed by atoms with Crippen molar-refractivity contribution in [3.05, 3.63) is 0 Å². The van der Waals surface area contributed by atoms with Crippen molar-refractivity contribution in [2.24, 2.45) is 0 Å². The largest absolute Gasteiger partial charge is 0.500 e. The number of carbonyl (C=O) groups is 5. The standard InChI is InChI=1S/C24H43NO12S4Si/c1-31-42(32-2,33-3)16-4-10-25-24(30)41-15-9-21(27)34-11-5-18(36-22(28)7-13-39)19(37-23(29)8-14-40)17-35-20(26)6-12-38/h18-19,38-40H,4-17H2,1-3H3,(H,25,30). The third-order valence-electron chi connectivity index (χ3n) is 5.40. The van der Waals surface area contributed by atoms with Gasteiger partial charge in [-0.3, -0.25) is 24.0 Å². The second-order valence-corrected chi connectivity index (χ2v) is 13.9. The molecule has 0 rings (SSSR count). The molecule has 0 fully saturated rings. The molecular weight excluding hydrogens is 651 g/mol. The molecule has 2 unspecified atom stereocenters. The maximum atomic E-state index is 12.2. The topological polar surface area (TPSA) is 162 Å². The van der Waals surface area contributed by atoms with E-state index in [4.69, 9.17) is 32.2 Å². The Morgan fingerprint density at radius 3 is 1.81 bits per heavy atom. The summed E-state index contributed by atoms with van der Waals surface area (Å²) in [5.41, 5.74) is 0. The van der Waals surface area contributed by atoms with E-state index >= 15 is 0 Å². The average molecular weight is 694 g/mol. The molecule has 13 nitrogen and oxygen atoms in total. The summed E-state index contributed by atoms with van der Waals surface area (Å²) < 4.78 is 37.2. The van der Waals surface area contributed by atoms with E-state index in [-0.39, 0.29) is 73.6 Å². The fourth-order valence-corrected chi connectivity index (χ4v) is 6.13. The van der Waals surface area contributed by atoms with E-state index in [2.05, 4.69) is 43.2 Å². The fraction of sp³-hybridized carbons (Fsp3) is 0.792. The van der Waals surface area contributed by atoms with Crippen LogP contribution < -0.4 is 5.32 Å². The van der Waals surface area contributed by atoms with E-state index in [9.17, 15) is 24.0 Å². The summed E-state index contributed by atoms with van der Waals surface area (Å²) in [6.07, 6.45) is -1.67. The number of thioether (sulfide) groups is 1. The van der Waals surface area contributed by atoms with Crippen LogP contribution >= 0.6 is 49.6 Å². The summed E-state index contributed by atoms with van der Waals surface area (Å²) in [6, 6.07) is 0.534. The van der Waals surface area contributed by atoms with Crippen LogP contribution in [-0.4, -0.2) is 114 Å². The molecule has 1 amide bonds. The summed E-state index contributed by atoms with van der Waals surface area (Å²) in [7, 11) is 1.85. The van der Waals surface area contributed by atoms with E-state index in [0.29, 0.717) is 19.0 Å². The van der Waals surface area contributed by atoms with Crippen LogP contribution in [0.25, 0.3) is 0 Å². The molecule has 0 bridgehead atoms. The molecule has 18 heteroatoms. The van der Waals surface area contributed by atoms with Crippen LogP contribution in [0.5, 0.6) is 0 Å². The average Bonchev–Trinajstić information content (AvgIpc) is 2.95. The van der Waals surface area contributed by atoms with Crippen molar-refractivity contribution in [2.75, 3.05) is 64.1 Å². The molecule has 0 aliphatic heterocycles. The number of rotatable bonds is 24. The molecule has 0 radical (unpaired) electrons. The zero-order valence-corrected chi connectivity index (χ0v) is 28.7. The molecule has 0 aromatic carbocycles. The van der Waals surface area contributed by atoms with Gasteiger partial charge in [0.25, 0.3) is 5.24 Å². The van der Waals surface area contributed by atoms with Gasteiger partial charge in [-0.05, 0) is 6.42 Å². The zero-order chi connectivity index (χ0) is 31.8. The molecular formula is C24H43NO12S4Si. The van der Waals surface area contributed by atoms with Gasteiger partial charge in [-0.2, -0.15) is 37.9 Å². The Morgan fingerprint density at radius 2 is 1.26 bits per heavy atom. The van der Waals surface area contributed by atoms with Crippen molar-refractivity contribution < 1.29 is 56.2 Å². The first kappa shape index (κ1) is 40.8. The highest BCUT2D eigenvalue weighted by Crippen LogP contribution is 2.16. The Hall–Kier alpha value is -1.15. The van der Waals surface area contributed by atoms with Crippen LogP contribution in [0.4, 0.5) is 4.79 Å². The monoisotopic (exact) mass is 693 g/mol. The van der Waals surface area contributed by atoms with Crippen LogP contribution in [0.1, 0.15) is 38.5 Å². The SMILES string of the molecule is CO[Si](CCCNC(=O)SCCC(=O)OCCC(OC(=O)CCS)C(COC(=O)CCS)OC(=O)CCS)(OC)OC. The molecule has 0 aliphatic rings. The molecule has 42 heavy (non-hydrogen) atoms. The maximum Gasteiger partial charge on any atom is 0.500 e. The lowest BCUT2D eigenvalue weighted by Crippen LogP contribution is -2.43. The number of nitrogens with one attached hydrogen (secondary N) is 1. The van der Waals surface area contributed by atoms with Gasteiger partial charge in [-0.1, -0.05) is 11.8 Å². The summed E-state index contributed by atoms with van der Waals surface area (Å²) in [5, 5.41) is 2.45. The minimum Gasteiger partial charge on any atom is -0.466 e. The van der Waals surface area contributed by atoms with Crippen LogP contribution in [0.2, 0.25) is 6.04 Å². The van der Waals surface area contributed by atoms with Crippen molar-refractivity contribution in [1.82, 2.24) is 5.32 Å². The van der Waals surface area contributed by atoms with Crippen molar-refractivity contribution in [1.29, 1.82) is 0 Å². The molecule has 0 heterocycles. The molecule has 0 aliphatic carbocycles. The Bertz CT molecular complexity index is 814. The van der Waals surface area contributed by atoms with E-state index in [1.54, 1.807) is 0 Å². The van der Waals surface area contributed by atoms with Gasteiger partial charge in [-0.25, -0.2) is 0 Å². The van der Waals surface area contributed by atoms with Gasteiger partial charge in [0.2, 0.25) is 0 Å². The van der Waals surface area contributed by atoms with Crippen molar-refractivity contribution in [2.45, 2.75) is 56.8 Å². The molecule has 0 saturated carbocycles. The number of carbonyl (C=O) groups excluding carboxylic acids is 5. The van der Waals surface area contributed by atoms with Gasteiger partial charge in [0, 0.05) is 63.4 Å². The first-order valence-electron chi connectivity index (χ1n) is 13.2. The first-order valence-corrected chi connectivity index (χ1v) is 18.0. The highest BCUT2D eigenvalue weighted by molar-refractivity contribution is 8.13. The minimum atomic E-state index is -2.70. The van der Waals surface area contributed by atoms with Gasteiger partial charge in [0.1, 0.15) is 12.7 Å². The van der Waals surface area contributed by atoms with Crippen LogP contribution in [-0.2, 0) is 51.4 Å².